The SMILES string of the molecule is O=C(NC(c1cccc(F)c1F)C(F)(F)F)c1noc2c1COCC2. The molecule has 0 saturated heterocycles. The maximum Gasteiger partial charge on any atom is 0.412 e. The van der Waals surface area contributed by atoms with Crippen molar-refractivity contribution in [2.24, 2.45) is 0 Å². The van der Waals surface area contributed by atoms with E-state index in [2.05, 4.69) is 5.16 Å². The van der Waals surface area contributed by atoms with Crippen LogP contribution in [0.25, 0.3) is 0 Å². The average molecular weight is 362 g/mol. The summed E-state index contributed by atoms with van der Waals surface area (Å²) in [4.78, 5) is 12.2. The first kappa shape index (κ1) is 17.3. The van der Waals surface area contributed by atoms with Gasteiger partial charge in [0.15, 0.2) is 23.4 Å². The van der Waals surface area contributed by atoms with Crippen molar-refractivity contribution in [2.45, 2.75) is 25.2 Å². The van der Waals surface area contributed by atoms with Crippen molar-refractivity contribution in [1.29, 1.82) is 0 Å². The lowest BCUT2D eigenvalue weighted by Gasteiger charge is -2.22. The minimum atomic E-state index is -5.05. The topological polar surface area (TPSA) is 64.4 Å². The summed E-state index contributed by atoms with van der Waals surface area (Å²) in [5.74, 6) is -4.01. The quantitative estimate of drug-likeness (QED) is 0.853. The minimum absolute atomic E-state index is 0.0351. The molecule has 1 aromatic carbocycles. The van der Waals surface area contributed by atoms with Crippen LogP contribution in [0.4, 0.5) is 22.0 Å². The molecule has 1 unspecified atom stereocenters. The van der Waals surface area contributed by atoms with Crippen molar-refractivity contribution >= 4 is 5.91 Å². The molecular weight excluding hydrogens is 351 g/mol. The van der Waals surface area contributed by atoms with Gasteiger partial charge in [-0.2, -0.15) is 13.2 Å². The Balaban J connectivity index is 1.92. The van der Waals surface area contributed by atoms with Gasteiger partial charge in [-0.1, -0.05) is 17.3 Å². The zero-order chi connectivity index (χ0) is 18.2. The molecular formula is C15H11F5N2O3. The molecule has 5 nitrogen and oxygen atoms in total. The van der Waals surface area contributed by atoms with Gasteiger partial charge in [-0.05, 0) is 6.07 Å². The summed E-state index contributed by atoms with van der Waals surface area (Å²) in [6.45, 7) is 0.301. The van der Waals surface area contributed by atoms with Crippen LogP contribution in [0.15, 0.2) is 22.7 Å². The Morgan fingerprint density at radius 2 is 2.04 bits per heavy atom. The predicted molar refractivity (Wildman–Crippen MR) is 72.5 cm³/mol. The van der Waals surface area contributed by atoms with Crippen molar-refractivity contribution in [3.8, 4) is 0 Å². The second kappa shape index (κ2) is 6.43. The zero-order valence-electron chi connectivity index (χ0n) is 12.5. The summed E-state index contributed by atoms with van der Waals surface area (Å²) in [5.41, 5.74) is -1.17. The number of nitrogens with zero attached hydrogens (tertiary/aromatic N) is 1. The van der Waals surface area contributed by atoms with Crippen molar-refractivity contribution in [1.82, 2.24) is 10.5 Å². The number of rotatable bonds is 3. The van der Waals surface area contributed by atoms with Gasteiger partial charge in [0.25, 0.3) is 5.91 Å². The van der Waals surface area contributed by atoms with Gasteiger partial charge in [0.1, 0.15) is 5.76 Å². The number of halogens is 5. The molecule has 2 heterocycles. The van der Waals surface area contributed by atoms with Crippen LogP contribution >= 0.6 is 0 Å². The van der Waals surface area contributed by atoms with E-state index in [1.54, 1.807) is 5.32 Å². The Hall–Kier alpha value is -2.49. The summed E-state index contributed by atoms with van der Waals surface area (Å²) in [6, 6.07) is -0.394. The largest absolute Gasteiger partial charge is 0.412 e. The van der Waals surface area contributed by atoms with E-state index >= 15 is 0 Å². The van der Waals surface area contributed by atoms with E-state index in [0.717, 1.165) is 12.1 Å². The Morgan fingerprint density at radius 3 is 2.76 bits per heavy atom. The van der Waals surface area contributed by atoms with E-state index in [0.29, 0.717) is 24.9 Å². The summed E-state index contributed by atoms with van der Waals surface area (Å²) >= 11 is 0. The molecule has 1 N–H and O–H groups in total. The van der Waals surface area contributed by atoms with E-state index in [4.69, 9.17) is 9.26 Å². The highest BCUT2D eigenvalue weighted by Crippen LogP contribution is 2.35. The first-order valence-corrected chi connectivity index (χ1v) is 7.15. The third kappa shape index (κ3) is 3.34. The van der Waals surface area contributed by atoms with Gasteiger partial charge in [-0.25, -0.2) is 8.78 Å². The van der Waals surface area contributed by atoms with Crippen LogP contribution in [-0.4, -0.2) is 23.8 Å². The Labute approximate surface area is 137 Å². The molecule has 1 aromatic heterocycles. The Morgan fingerprint density at radius 1 is 1.28 bits per heavy atom. The molecule has 1 atom stereocenters. The van der Waals surface area contributed by atoms with E-state index in [9.17, 15) is 26.7 Å². The molecule has 1 aliphatic rings. The molecule has 0 radical (unpaired) electrons. The van der Waals surface area contributed by atoms with Gasteiger partial charge >= 0.3 is 6.18 Å². The number of alkyl halides is 3. The summed E-state index contributed by atoms with van der Waals surface area (Å²) < 4.78 is 76.9. The lowest BCUT2D eigenvalue weighted by atomic mass is 10.0. The fourth-order valence-electron chi connectivity index (χ4n) is 2.48. The zero-order valence-corrected chi connectivity index (χ0v) is 12.5. The molecule has 0 bridgehead atoms. The fraction of sp³-hybridized carbons (Fsp3) is 0.333. The predicted octanol–water partition coefficient (Wildman–Crippen LogP) is 3.06. The normalized spacial score (nSPS) is 15.6. The highest BCUT2D eigenvalue weighted by atomic mass is 19.4. The second-order valence-corrected chi connectivity index (χ2v) is 5.33. The number of fused-ring (bicyclic) bond motifs is 1. The van der Waals surface area contributed by atoms with Gasteiger partial charge in [0, 0.05) is 12.0 Å². The van der Waals surface area contributed by atoms with Crippen molar-refractivity contribution in [3.05, 3.63) is 52.4 Å². The first-order chi connectivity index (χ1) is 11.8. The van der Waals surface area contributed by atoms with Gasteiger partial charge in [-0.3, -0.25) is 4.79 Å². The van der Waals surface area contributed by atoms with E-state index in [1.807, 2.05) is 0 Å². The van der Waals surface area contributed by atoms with Crippen LogP contribution in [-0.2, 0) is 17.8 Å². The number of benzene rings is 1. The second-order valence-electron chi connectivity index (χ2n) is 5.33. The van der Waals surface area contributed by atoms with Crippen LogP contribution < -0.4 is 5.32 Å². The Kier molecular flexibility index (Phi) is 4.46. The number of nitrogens with one attached hydrogen (secondary N) is 1. The van der Waals surface area contributed by atoms with Crippen molar-refractivity contribution in [3.63, 3.8) is 0 Å². The highest BCUT2D eigenvalue weighted by Gasteiger charge is 2.44. The first-order valence-electron chi connectivity index (χ1n) is 7.15. The molecule has 10 heteroatoms. The molecule has 134 valence electrons. The summed E-state index contributed by atoms with van der Waals surface area (Å²) in [6.07, 6.45) is -4.72. The average Bonchev–Trinajstić information content (AvgIpc) is 2.98. The fourth-order valence-corrected chi connectivity index (χ4v) is 2.48. The standard InChI is InChI=1S/C15H11F5N2O3/c16-9-3-1-2-7(11(9)17)13(15(18,19)20)21-14(23)12-8-6-24-5-4-10(8)25-22-12/h1-3,13H,4-6H2,(H,21,23). The summed E-state index contributed by atoms with van der Waals surface area (Å²) in [5, 5.41) is 5.11. The molecule has 3 rings (SSSR count). The lowest BCUT2D eigenvalue weighted by molar-refractivity contribution is -0.156. The van der Waals surface area contributed by atoms with Crippen molar-refractivity contribution < 1.29 is 36.0 Å². The summed E-state index contributed by atoms with van der Waals surface area (Å²) in [7, 11) is 0. The van der Waals surface area contributed by atoms with Gasteiger partial charge in [0.2, 0.25) is 0 Å². The number of hydrogen-bond acceptors (Lipinski definition) is 4. The van der Waals surface area contributed by atoms with Crippen LogP contribution in [0.5, 0.6) is 0 Å². The maximum absolute atomic E-state index is 13.8. The van der Waals surface area contributed by atoms with Crippen molar-refractivity contribution in [2.75, 3.05) is 6.61 Å². The van der Waals surface area contributed by atoms with Crippen LogP contribution in [0.2, 0.25) is 0 Å². The molecule has 2 aromatic rings. The molecule has 25 heavy (non-hydrogen) atoms. The third-order valence-corrected chi connectivity index (χ3v) is 3.70. The number of carbonyl (C=O) groups excluding carboxylic acids is 1. The number of aromatic nitrogens is 1. The maximum atomic E-state index is 13.8. The molecule has 0 aliphatic carbocycles. The van der Waals surface area contributed by atoms with Gasteiger partial charge in [-0.15, -0.1) is 0 Å². The number of amides is 1. The molecule has 0 fully saturated rings. The monoisotopic (exact) mass is 362 g/mol. The minimum Gasteiger partial charge on any atom is -0.376 e. The van der Waals surface area contributed by atoms with Crippen LogP contribution in [0, 0.1) is 11.6 Å². The number of ether oxygens (including phenoxy) is 1. The van der Waals surface area contributed by atoms with Gasteiger partial charge in [0.05, 0.1) is 18.8 Å². The van der Waals surface area contributed by atoms with E-state index in [1.165, 1.54) is 0 Å². The third-order valence-electron chi connectivity index (χ3n) is 3.70. The molecule has 0 saturated carbocycles. The van der Waals surface area contributed by atoms with Crippen LogP contribution in [0.1, 0.15) is 33.4 Å². The highest BCUT2D eigenvalue weighted by molar-refractivity contribution is 5.94. The Bertz CT molecular complexity index is 803. The lowest BCUT2D eigenvalue weighted by Crippen LogP contribution is -2.39. The smallest absolute Gasteiger partial charge is 0.376 e. The van der Waals surface area contributed by atoms with E-state index in [-0.39, 0.29) is 17.9 Å². The molecule has 1 aliphatic heterocycles. The van der Waals surface area contributed by atoms with E-state index < -0.39 is 35.3 Å². The van der Waals surface area contributed by atoms with Gasteiger partial charge < -0.3 is 14.6 Å². The number of carbonyl (C=O) groups is 1. The molecule has 1 amide bonds. The molecule has 0 spiro atoms. The van der Waals surface area contributed by atoms with Crippen LogP contribution in [0.3, 0.4) is 0 Å². The number of hydrogen-bond donors (Lipinski definition) is 1.